The first-order chi connectivity index (χ1) is 11.7. The zero-order valence-electron chi connectivity index (χ0n) is 13.6. The molecule has 0 aromatic carbocycles. The van der Waals surface area contributed by atoms with Gasteiger partial charge in [0.2, 0.25) is 5.89 Å². The second kappa shape index (κ2) is 7.57. The predicted octanol–water partition coefficient (Wildman–Crippen LogP) is 3.27. The number of nitrogens with zero attached hydrogens (tertiary/aromatic N) is 3. The van der Waals surface area contributed by atoms with Crippen LogP contribution in [-0.2, 0) is 0 Å². The summed E-state index contributed by atoms with van der Waals surface area (Å²) in [5, 5.41) is 10.7. The van der Waals surface area contributed by atoms with Gasteiger partial charge >= 0.3 is 0 Å². The number of thiazole rings is 1. The monoisotopic (exact) mass is 347 g/mol. The van der Waals surface area contributed by atoms with Crippen molar-refractivity contribution >= 4 is 22.4 Å². The molecule has 0 bridgehead atoms. The first-order valence-electron chi connectivity index (χ1n) is 8.12. The molecule has 7 nitrogen and oxygen atoms in total. The smallest absolute Gasteiger partial charge is 0.263 e. The van der Waals surface area contributed by atoms with E-state index in [1.165, 1.54) is 24.2 Å². The number of aromatic nitrogens is 3. The summed E-state index contributed by atoms with van der Waals surface area (Å²) in [5.74, 6) is 1.40. The number of carbonyl (C=O) groups excluding carboxylic acids is 1. The molecule has 1 aliphatic carbocycles. The average Bonchev–Trinajstić information content (AvgIpc) is 3.33. The second-order valence-corrected chi connectivity index (χ2v) is 6.90. The number of amides is 1. The van der Waals surface area contributed by atoms with E-state index in [2.05, 4.69) is 32.3 Å². The molecule has 1 aliphatic rings. The zero-order valence-corrected chi connectivity index (χ0v) is 14.4. The summed E-state index contributed by atoms with van der Waals surface area (Å²) < 4.78 is 5.32. The van der Waals surface area contributed by atoms with Crippen LogP contribution < -0.4 is 10.6 Å². The van der Waals surface area contributed by atoms with Crippen molar-refractivity contribution in [2.24, 2.45) is 0 Å². The fourth-order valence-electron chi connectivity index (χ4n) is 2.72. The molecule has 1 amide bonds. The molecule has 8 heteroatoms. The Morgan fingerprint density at radius 2 is 2.33 bits per heavy atom. The highest BCUT2D eigenvalue weighted by Crippen LogP contribution is 2.32. The van der Waals surface area contributed by atoms with E-state index >= 15 is 0 Å². The minimum absolute atomic E-state index is 0.202. The van der Waals surface area contributed by atoms with Gasteiger partial charge in [-0.25, -0.2) is 4.98 Å². The van der Waals surface area contributed by atoms with Crippen molar-refractivity contribution in [1.82, 2.24) is 20.4 Å². The quantitative estimate of drug-likeness (QED) is 0.747. The topological polar surface area (TPSA) is 92.9 Å². The van der Waals surface area contributed by atoms with Gasteiger partial charge < -0.3 is 15.2 Å². The maximum absolute atomic E-state index is 12.3. The van der Waals surface area contributed by atoms with Gasteiger partial charge in [0.05, 0.1) is 6.20 Å². The maximum Gasteiger partial charge on any atom is 0.263 e. The summed E-state index contributed by atoms with van der Waals surface area (Å²) in [6, 6.07) is -0.341. The number of hydrogen-bond acceptors (Lipinski definition) is 7. The third kappa shape index (κ3) is 3.81. The number of anilines is 1. The van der Waals surface area contributed by atoms with Gasteiger partial charge in [0.1, 0.15) is 10.9 Å². The van der Waals surface area contributed by atoms with E-state index < -0.39 is 0 Å². The number of rotatable bonds is 7. The zero-order chi connectivity index (χ0) is 16.9. The Hall–Kier alpha value is -2.22. The molecule has 2 N–H and O–H groups in total. The van der Waals surface area contributed by atoms with E-state index in [9.17, 15) is 4.79 Å². The molecule has 0 saturated heterocycles. The van der Waals surface area contributed by atoms with Gasteiger partial charge in [0.15, 0.2) is 11.0 Å². The van der Waals surface area contributed by atoms with E-state index in [1.54, 1.807) is 12.3 Å². The maximum atomic E-state index is 12.3. The Morgan fingerprint density at radius 3 is 3.08 bits per heavy atom. The number of nitrogens with one attached hydrogen (secondary N) is 2. The van der Waals surface area contributed by atoms with Crippen molar-refractivity contribution in [2.75, 3.05) is 11.9 Å². The molecule has 2 aromatic heterocycles. The van der Waals surface area contributed by atoms with Crippen LogP contribution in [0, 0.1) is 0 Å². The van der Waals surface area contributed by atoms with E-state index in [0.717, 1.165) is 18.7 Å². The molecule has 24 heavy (non-hydrogen) atoms. The summed E-state index contributed by atoms with van der Waals surface area (Å²) in [6.07, 6.45) is 7.95. The molecule has 1 unspecified atom stereocenters. The molecular formula is C16H21N5O2S. The van der Waals surface area contributed by atoms with Gasteiger partial charge in [-0.15, -0.1) is 6.58 Å². The minimum atomic E-state index is -0.341. The fraction of sp³-hybridized carbons (Fsp3) is 0.500. The van der Waals surface area contributed by atoms with Crippen LogP contribution in [-0.4, -0.2) is 27.6 Å². The van der Waals surface area contributed by atoms with Crippen LogP contribution in [0.3, 0.4) is 0 Å². The molecule has 1 saturated carbocycles. The SMILES string of the molecule is C=CCNc1ncc(C(=O)NC(C)c2nc(C3CCCC3)no2)s1. The van der Waals surface area contributed by atoms with Crippen LogP contribution in [0.25, 0.3) is 0 Å². The summed E-state index contributed by atoms with van der Waals surface area (Å²) in [5.41, 5.74) is 0. The van der Waals surface area contributed by atoms with Gasteiger partial charge in [0, 0.05) is 12.5 Å². The van der Waals surface area contributed by atoms with Crippen molar-refractivity contribution in [3.05, 3.63) is 35.4 Å². The highest BCUT2D eigenvalue weighted by molar-refractivity contribution is 7.17. The lowest BCUT2D eigenvalue weighted by Gasteiger charge is -2.08. The molecule has 0 aliphatic heterocycles. The molecular weight excluding hydrogens is 326 g/mol. The van der Waals surface area contributed by atoms with Crippen molar-refractivity contribution in [3.63, 3.8) is 0 Å². The summed E-state index contributed by atoms with van der Waals surface area (Å²) in [4.78, 5) is 21.4. The van der Waals surface area contributed by atoms with Crippen LogP contribution >= 0.6 is 11.3 Å². The minimum Gasteiger partial charge on any atom is -0.358 e. The Morgan fingerprint density at radius 1 is 1.54 bits per heavy atom. The molecule has 128 valence electrons. The number of carbonyl (C=O) groups is 1. The van der Waals surface area contributed by atoms with Crippen molar-refractivity contribution in [3.8, 4) is 0 Å². The van der Waals surface area contributed by atoms with Gasteiger partial charge in [-0.1, -0.05) is 35.4 Å². The van der Waals surface area contributed by atoms with Crippen LogP contribution in [0.4, 0.5) is 5.13 Å². The Bertz CT molecular complexity index is 705. The predicted molar refractivity (Wildman–Crippen MR) is 92.2 cm³/mol. The van der Waals surface area contributed by atoms with Crippen molar-refractivity contribution < 1.29 is 9.32 Å². The lowest BCUT2D eigenvalue weighted by Crippen LogP contribution is -2.26. The lowest BCUT2D eigenvalue weighted by molar-refractivity contribution is 0.0936. The third-order valence-corrected chi connectivity index (χ3v) is 4.98. The Balaban J connectivity index is 1.59. The average molecular weight is 347 g/mol. The van der Waals surface area contributed by atoms with E-state index in [0.29, 0.717) is 28.4 Å². The number of hydrogen-bond donors (Lipinski definition) is 2. The molecule has 0 radical (unpaired) electrons. The standard InChI is InChI=1S/C16H21N5O2S/c1-3-8-17-16-18-9-12(24-16)14(22)19-10(2)15-20-13(21-23-15)11-6-4-5-7-11/h3,9-11H,1,4-8H2,2H3,(H,17,18)(H,19,22). The first-order valence-corrected chi connectivity index (χ1v) is 8.94. The van der Waals surface area contributed by atoms with Gasteiger partial charge in [-0.05, 0) is 19.8 Å². The van der Waals surface area contributed by atoms with Gasteiger partial charge in [0.25, 0.3) is 5.91 Å². The van der Waals surface area contributed by atoms with Crippen molar-refractivity contribution in [2.45, 2.75) is 44.6 Å². The largest absolute Gasteiger partial charge is 0.358 e. The fourth-order valence-corrected chi connectivity index (χ4v) is 3.45. The van der Waals surface area contributed by atoms with Crippen LogP contribution in [0.15, 0.2) is 23.4 Å². The van der Waals surface area contributed by atoms with E-state index in [4.69, 9.17) is 4.52 Å². The van der Waals surface area contributed by atoms with Crippen LogP contribution in [0.5, 0.6) is 0 Å². The summed E-state index contributed by atoms with van der Waals surface area (Å²) >= 11 is 1.30. The van der Waals surface area contributed by atoms with Gasteiger partial charge in [-0.2, -0.15) is 4.98 Å². The molecule has 2 heterocycles. The molecule has 2 aromatic rings. The highest BCUT2D eigenvalue weighted by atomic mass is 32.1. The Labute approximate surface area is 144 Å². The van der Waals surface area contributed by atoms with Crippen LogP contribution in [0.2, 0.25) is 0 Å². The normalized spacial score (nSPS) is 16.0. The van der Waals surface area contributed by atoms with E-state index in [-0.39, 0.29) is 11.9 Å². The molecule has 0 spiro atoms. The molecule has 1 atom stereocenters. The Kier molecular flexibility index (Phi) is 5.24. The lowest BCUT2D eigenvalue weighted by atomic mass is 10.1. The van der Waals surface area contributed by atoms with Crippen LogP contribution in [0.1, 0.15) is 66.0 Å². The summed E-state index contributed by atoms with van der Waals surface area (Å²) in [6.45, 7) is 6.08. The third-order valence-electron chi connectivity index (χ3n) is 4.02. The van der Waals surface area contributed by atoms with Crippen molar-refractivity contribution in [1.29, 1.82) is 0 Å². The van der Waals surface area contributed by atoms with Gasteiger partial charge in [-0.3, -0.25) is 4.79 Å². The highest BCUT2D eigenvalue weighted by Gasteiger charge is 2.24. The molecule has 3 rings (SSSR count). The van der Waals surface area contributed by atoms with E-state index in [1.807, 2.05) is 6.92 Å². The molecule has 1 fully saturated rings. The summed E-state index contributed by atoms with van der Waals surface area (Å²) in [7, 11) is 0. The second-order valence-electron chi connectivity index (χ2n) is 5.87. The first kappa shape index (κ1) is 16.6.